The van der Waals surface area contributed by atoms with Crippen molar-refractivity contribution >= 4 is 28.9 Å². The molecule has 1 saturated heterocycles. The Labute approximate surface area is 165 Å². The predicted octanol–water partition coefficient (Wildman–Crippen LogP) is 3.04. The number of aromatic nitrogens is 2. The van der Waals surface area contributed by atoms with Crippen LogP contribution in [-0.2, 0) is 6.54 Å². The van der Waals surface area contributed by atoms with Gasteiger partial charge in [-0.2, -0.15) is 0 Å². The molecule has 2 aromatic rings. The fraction of sp³-hybridized carbons (Fsp3) is 0.526. The molecule has 3 rings (SSSR count). The van der Waals surface area contributed by atoms with E-state index in [4.69, 9.17) is 0 Å². The lowest BCUT2D eigenvalue weighted by atomic mass is 10.3. The summed E-state index contributed by atoms with van der Waals surface area (Å²) in [5.41, 5.74) is 1.85. The summed E-state index contributed by atoms with van der Waals surface area (Å²) < 4.78 is 0. The summed E-state index contributed by atoms with van der Waals surface area (Å²) in [4.78, 5) is 27.9. The molecule has 1 N–H and O–H groups in total. The highest BCUT2D eigenvalue weighted by Gasteiger charge is 2.21. The van der Waals surface area contributed by atoms with Crippen molar-refractivity contribution in [3.63, 3.8) is 0 Å². The molecule has 0 aromatic carbocycles. The van der Waals surface area contributed by atoms with Crippen molar-refractivity contribution in [2.75, 3.05) is 49.5 Å². The first-order chi connectivity index (χ1) is 13.1. The molecule has 1 aliphatic heterocycles. The summed E-state index contributed by atoms with van der Waals surface area (Å²) in [5, 5.41) is 6.17. The number of aryl methyl sites for hydroxylation is 1. The maximum Gasteiger partial charge on any atom is 0.321 e. The van der Waals surface area contributed by atoms with Crippen LogP contribution in [0.3, 0.4) is 0 Å². The number of amides is 2. The number of carbonyl (C=O) groups is 1. The monoisotopic (exact) mass is 388 g/mol. The predicted molar refractivity (Wildman–Crippen MR) is 111 cm³/mol. The van der Waals surface area contributed by atoms with Crippen molar-refractivity contribution in [1.29, 1.82) is 0 Å². The highest BCUT2D eigenvalue weighted by Crippen LogP contribution is 2.16. The number of nitrogens with one attached hydrogen (secondary N) is 1. The minimum Gasteiger partial charge on any atom is -0.357 e. The molecule has 0 spiro atoms. The van der Waals surface area contributed by atoms with Crippen LogP contribution in [-0.4, -0.2) is 65.1 Å². The molecular formula is C19H28N6OS. The number of urea groups is 1. The van der Waals surface area contributed by atoms with E-state index in [1.165, 1.54) is 0 Å². The highest BCUT2D eigenvalue weighted by molar-refractivity contribution is 7.09. The van der Waals surface area contributed by atoms with Gasteiger partial charge in [0.1, 0.15) is 5.82 Å². The van der Waals surface area contributed by atoms with E-state index < -0.39 is 0 Å². The van der Waals surface area contributed by atoms with Gasteiger partial charge in [0.05, 0.1) is 22.6 Å². The molecule has 0 unspecified atom stereocenters. The molecule has 7 nitrogen and oxygen atoms in total. The summed E-state index contributed by atoms with van der Waals surface area (Å²) >= 11 is 1.68. The standard InChI is InChI=1S/C19H28N6OS/c1-4-24(5-2)18-7-6-16(12-20-18)22-19(26)25-10-8-23(9-11-25)13-17-14-27-15(3)21-17/h6-7,12,14H,4-5,8-11,13H2,1-3H3,(H,22,26). The van der Waals surface area contributed by atoms with E-state index in [-0.39, 0.29) is 6.03 Å². The molecule has 0 radical (unpaired) electrons. The van der Waals surface area contributed by atoms with Crippen LogP contribution in [0.4, 0.5) is 16.3 Å². The zero-order valence-electron chi connectivity index (χ0n) is 16.3. The molecular weight excluding hydrogens is 360 g/mol. The third-order valence-electron chi connectivity index (χ3n) is 4.80. The van der Waals surface area contributed by atoms with E-state index in [1.54, 1.807) is 17.5 Å². The molecule has 1 fully saturated rings. The van der Waals surface area contributed by atoms with Crippen LogP contribution in [0.2, 0.25) is 0 Å². The normalized spacial score (nSPS) is 15.0. The summed E-state index contributed by atoms with van der Waals surface area (Å²) in [5.74, 6) is 0.934. The van der Waals surface area contributed by atoms with Gasteiger partial charge in [-0.3, -0.25) is 4.90 Å². The van der Waals surface area contributed by atoms with Crippen LogP contribution in [0.25, 0.3) is 0 Å². The van der Waals surface area contributed by atoms with Gasteiger partial charge in [-0.15, -0.1) is 11.3 Å². The summed E-state index contributed by atoms with van der Waals surface area (Å²) in [6.07, 6.45) is 1.73. The Hall–Kier alpha value is -2.19. The summed E-state index contributed by atoms with van der Waals surface area (Å²) in [6.45, 7) is 12.1. The van der Waals surface area contributed by atoms with Gasteiger partial charge in [0.2, 0.25) is 0 Å². The van der Waals surface area contributed by atoms with Crippen molar-refractivity contribution < 1.29 is 4.79 Å². The van der Waals surface area contributed by atoms with Gasteiger partial charge in [0, 0.05) is 51.2 Å². The number of hydrogen-bond donors (Lipinski definition) is 1. The minimum atomic E-state index is -0.0588. The third-order valence-corrected chi connectivity index (χ3v) is 5.62. The van der Waals surface area contributed by atoms with Crippen molar-refractivity contribution in [1.82, 2.24) is 19.8 Å². The fourth-order valence-corrected chi connectivity index (χ4v) is 3.82. The zero-order valence-corrected chi connectivity index (χ0v) is 17.1. The number of thiazole rings is 1. The molecule has 2 aromatic heterocycles. The van der Waals surface area contributed by atoms with Crippen molar-refractivity contribution in [2.24, 2.45) is 0 Å². The lowest BCUT2D eigenvalue weighted by Crippen LogP contribution is -2.49. The largest absolute Gasteiger partial charge is 0.357 e. The maximum atomic E-state index is 12.5. The number of carbonyl (C=O) groups excluding carboxylic acids is 1. The van der Waals surface area contributed by atoms with E-state index in [0.29, 0.717) is 0 Å². The van der Waals surface area contributed by atoms with Crippen LogP contribution in [0, 0.1) is 6.92 Å². The van der Waals surface area contributed by atoms with Gasteiger partial charge in [-0.05, 0) is 32.9 Å². The van der Waals surface area contributed by atoms with Crippen LogP contribution < -0.4 is 10.2 Å². The topological polar surface area (TPSA) is 64.6 Å². The molecule has 2 amide bonds. The summed E-state index contributed by atoms with van der Waals surface area (Å²) in [7, 11) is 0. The summed E-state index contributed by atoms with van der Waals surface area (Å²) in [6, 6.07) is 3.81. The molecule has 27 heavy (non-hydrogen) atoms. The maximum absolute atomic E-state index is 12.5. The average molecular weight is 389 g/mol. The molecule has 0 saturated carbocycles. The second-order valence-corrected chi connectivity index (χ2v) is 7.69. The van der Waals surface area contributed by atoms with E-state index in [2.05, 4.69) is 44.3 Å². The quantitative estimate of drug-likeness (QED) is 0.824. The first-order valence-electron chi connectivity index (χ1n) is 9.49. The molecule has 0 aliphatic carbocycles. The first-order valence-corrected chi connectivity index (χ1v) is 10.4. The fourth-order valence-electron chi connectivity index (χ4n) is 3.22. The van der Waals surface area contributed by atoms with Crippen LogP contribution in [0.15, 0.2) is 23.7 Å². The molecule has 1 aliphatic rings. The molecule has 3 heterocycles. The smallest absolute Gasteiger partial charge is 0.321 e. The van der Waals surface area contributed by atoms with Gasteiger partial charge in [-0.1, -0.05) is 0 Å². The van der Waals surface area contributed by atoms with Crippen molar-refractivity contribution in [3.8, 4) is 0 Å². The number of nitrogens with zero attached hydrogens (tertiary/aromatic N) is 5. The number of hydrogen-bond acceptors (Lipinski definition) is 6. The van der Waals surface area contributed by atoms with Gasteiger partial charge >= 0.3 is 6.03 Å². The van der Waals surface area contributed by atoms with Crippen molar-refractivity contribution in [3.05, 3.63) is 34.4 Å². The Morgan fingerprint density at radius 3 is 2.52 bits per heavy atom. The second kappa shape index (κ2) is 9.14. The van der Waals surface area contributed by atoms with E-state index >= 15 is 0 Å². The molecule has 146 valence electrons. The third kappa shape index (κ3) is 5.17. The van der Waals surface area contributed by atoms with Crippen LogP contribution >= 0.6 is 11.3 Å². The van der Waals surface area contributed by atoms with Crippen molar-refractivity contribution in [2.45, 2.75) is 27.3 Å². The highest BCUT2D eigenvalue weighted by atomic mass is 32.1. The Bertz CT molecular complexity index is 735. The average Bonchev–Trinajstić information content (AvgIpc) is 3.09. The number of rotatable bonds is 6. The van der Waals surface area contributed by atoms with Gasteiger partial charge in [0.25, 0.3) is 0 Å². The van der Waals surface area contributed by atoms with Gasteiger partial charge in [-0.25, -0.2) is 14.8 Å². The Balaban J connectivity index is 1.48. The zero-order chi connectivity index (χ0) is 19.2. The Morgan fingerprint density at radius 1 is 1.22 bits per heavy atom. The minimum absolute atomic E-state index is 0.0588. The molecule has 0 atom stereocenters. The Kier molecular flexibility index (Phi) is 6.63. The number of piperazine rings is 1. The Morgan fingerprint density at radius 2 is 1.96 bits per heavy atom. The second-order valence-electron chi connectivity index (χ2n) is 6.63. The van der Waals surface area contributed by atoms with E-state index in [0.717, 1.165) is 68.0 Å². The number of anilines is 2. The van der Waals surface area contributed by atoms with E-state index in [1.807, 2.05) is 24.0 Å². The lowest BCUT2D eigenvalue weighted by molar-refractivity contribution is 0.142. The lowest BCUT2D eigenvalue weighted by Gasteiger charge is -2.34. The van der Waals surface area contributed by atoms with Gasteiger partial charge < -0.3 is 15.1 Å². The molecule has 0 bridgehead atoms. The first kappa shape index (κ1) is 19.6. The van der Waals surface area contributed by atoms with Gasteiger partial charge in [0.15, 0.2) is 0 Å². The molecule has 8 heteroatoms. The van der Waals surface area contributed by atoms with Crippen LogP contribution in [0.1, 0.15) is 24.5 Å². The van der Waals surface area contributed by atoms with E-state index in [9.17, 15) is 4.79 Å². The van der Waals surface area contributed by atoms with Crippen LogP contribution in [0.5, 0.6) is 0 Å². The SMILES string of the molecule is CCN(CC)c1ccc(NC(=O)N2CCN(Cc3csc(C)n3)CC2)cn1. The number of pyridine rings is 1.